The van der Waals surface area contributed by atoms with E-state index in [-0.39, 0.29) is 0 Å². The van der Waals surface area contributed by atoms with Crippen LogP contribution in [0.25, 0.3) is 60.8 Å². The zero-order chi connectivity index (χ0) is 23.2. The monoisotopic (exact) mass is 447 g/mol. The minimum Gasteiger partial charge on any atom is -0.309 e. The Morgan fingerprint density at radius 2 is 1.17 bits per heavy atom. The summed E-state index contributed by atoms with van der Waals surface area (Å²) in [6, 6.07) is 40.4. The van der Waals surface area contributed by atoms with E-state index in [4.69, 9.17) is 4.98 Å². The molecule has 0 aliphatic carbocycles. The van der Waals surface area contributed by atoms with Crippen molar-refractivity contribution in [1.29, 1.82) is 0 Å². The molecule has 7 rings (SSSR count). The Bertz CT molecular complexity index is 1780. The van der Waals surface area contributed by atoms with Crippen LogP contribution in [0.3, 0.4) is 0 Å². The van der Waals surface area contributed by atoms with Crippen molar-refractivity contribution in [1.82, 2.24) is 14.5 Å². The number of para-hydroxylation sites is 1. The van der Waals surface area contributed by atoms with Crippen molar-refractivity contribution < 1.29 is 0 Å². The van der Waals surface area contributed by atoms with Crippen LogP contribution in [0.1, 0.15) is 0 Å². The molecule has 3 heteroatoms. The summed E-state index contributed by atoms with van der Waals surface area (Å²) in [6.07, 6.45) is 3.79. The van der Waals surface area contributed by atoms with Crippen molar-refractivity contribution in [3.8, 4) is 28.2 Å². The molecule has 0 amide bonds. The molecule has 0 aliphatic rings. The minimum absolute atomic E-state index is 0.956. The Balaban J connectivity index is 1.59. The van der Waals surface area contributed by atoms with Crippen LogP contribution in [-0.4, -0.2) is 14.5 Å². The van der Waals surface area contributed by atoms with Gasteiger partial charge in [-0.15, -0.1) is 0 Å². The second-order valence-corrected chi connectivity index (χ2v) is 8.77. The SMILES string of the molecule is c1ccc(-c2cc(-n3c4ccccc4c4cc5cnccc5cc43)cc(-c3ccccc3)n2)cc1. The smallest absolute Gasteiger partial charge is 0.0730 e. The molecule has 0 N–H and O–H groups in total. The molecule has 0 atom stereocenters. The molecular formula is C32H21N3. The Morgan fingerprint density at radius 1 is 0.514 bits per heavy atom. The number of pyridine rings is 2. The van der Waals surface area contributed by atoms with Gasteiger partial charge < -0.3 is 4.57 Å². The van der Waals surface area contributed by atoms with E-state index in [1.54, 1.807) is 0 Å². The van der Waals surface area contributed by atoms with E-state index in [0.29, 0.717) is 0 Å². The molecular weight excluding hydrogens is 426 g/mol. The van der Waals surface area contributed by atoms with Gasteiger partial charge in [-0.05, 0) is 41.8 Å². The van der Waals surface area contributed by atoms with Gasteiger partial charge in [-0.25, -0.2) is 4.98 Å². The van der Waals surface area contributed by atoms with Gasteiger partial charge in [0.2, 0.25) is 0 Å². The third-order valence-corrected chi connectivity index (χ3v) is 6.64. The molecule has 4 aromatic carbocycles. The minimum atomic E-state index is 0.956. The highest BCUT2D eigenvalue weighted by Gasteiger charge is 2.16. The van der Waals surface area contributed by atoms with Gasteiger partial charge in [0.05, 0.1) is 28.1 Å². The summed E-state index contributed by atoms with van der Waals surface area (Å²) >= 11 is 0. The van der Waals surface area contributed by atoms with E-state index < -0.39 is 0 Å². The zero-order valence-electron chi connectivity index (χ0n) is 19.0. The number of rotatable bonds is 3. The first kappa shape index (κ1) is 19.7. The summed E-state index contributed by atoms with van der Waals surface area (Å²) in [7, 11) is 0. The average molecular weight is 448 g/mol. The van der Waals surface area contributed by atoms with Crippen LogP contribution < -0.4 is 0 Å². The molecule has 164 valence electrons. The maximum Gasteiger partial charge on any atom is 0.0730 e. The normalized spacial score (nSPS) is 11.4. The molecule has 0 spiro atoms. The molecule has 7 aromatic rings. The second-order valence-electron chi connectivity index (χ2n) is 8.77. The van der Waals surface area contributed by atoms with Crippen LogP contribution in [0.4, 0.5) is 0 Å². The van der Waals surface area contributed by atoms with E-state index in [0.717, 1.165) is 33.6 Å². The Morgan fingerprint density at radius 3 is 1.89 bits per heavy atom. The predicted molar refractivity (Wildman–Crippen MR) is 145 cm³/mol. The maximum absolute atomic E-state index is 5.07. The van der Waals surface area contributed by atoms with Crippen LogP contribution in [0.15, 0.2) is 128 Å². The first-order chi connectivity index (χ1) is 17.3. The zero-order valence-corrected chi connectivity index (χ0v) is 19.0. The van der Waals surface area contributed by atoms with E-state index >= 15 is 0 Å². The van der Waals surface area contributed by atoms with Crippen LogP contribution >= 0.6 is 0 Å². The highest BCUT2D eigenvalue weighted by molar-refractivity contribution is 6.13. The van der Waals surface area contributed by atoms with Crippen molar-refractivity contribution in [3.05, 3.63) is 128 Å². The van der Waals surface area contributed by atoms with Gasteiger partial charge in [-0.1, -0.05) is 78.9 Å². The number of benzene rings is 4. The van der Waals surface area contributed by atoms with Gasteiger partial charge in [0.25, 0.3) is 0 Å². The molecule has 3 aromatic heterocycles. The van der Waals surface area contributed by atoms with Crippen LogP contribution in [0, 0.1) is 0 Å². The molecule has 0 bridgehead atoms. The number of hydrogen-bond donors (Lipinski definition) is 0. The van der Waals surface area contributed by atoms with Crippen molar-refractivity contribution in [2.24, 2.45) is 0 Å². The molecule has 0 radical (unpaired) electrons. The molecule has 0 aliphatic heterocycles. The molecule has 0 saturated carbocycles. The van der Waals surface area contributed by atoms with Gasteiger partial charge in [0.15, 0.2) is 0 Å². The first-order valence-electron chi connectivity index (χ1n) is 11.8. The highest BCUT2D eigenvalue weighted by Crippen LogP contribution is 2.36. The predicted octanol–water partition coefficient (Wildman–Crippen LogP) is 8.06. The Kier molecular flexibility index (Phi) is 4.46. The number of aromatic nitrogens is 3. The molecule has 0 saturated heterocycles. The second kappa shape index (κ2) is 7.93. The summed E-state index contributed by atoms with van der Waals surface area (Å²) in [5, 5.41) is 4.78. The number of hydrogen-bond acceptors (Lipinski definition) is 2. The van der Waals surface area contributed by atoms with Crippen molar-refractivity contribution >= 4 is 32.6 Å². The van der Waals surface area contributed by atoms with Gasteiger partial charge >= 0.3 is 0 Å². The lowest BCUT2D eigenvalue weighted by Gasteiger charge is -2.13. The third kappa shape index (κ3) is 3.29. The molecule has 3 nitrogen and oxygen atoms in total. The average Bonchev–Trinajstić information content (AvgIpc) is 3.26. The Labute approximate surface area is 203 Å². The van der Waals surface area contributed by atoms with Crippen LogP contribution in [0.2, 0.25) is 0 Å². The van der Waals surface area contributed by atoms with E-state index in [1.807, 2.05) is 24.5 Å². The molecule has 0 unspecified atom stereocenters. The lowest BCUT2D eigenvalue weighted by molar-refractivity contribution is 1.16. The van der Waals surface area contributed by atoms with E-state index in [9.17, 15) is 0 Å². The van der Waals surface area contributed by atoms with Crippen molar-refractivity contribution in [3.63, 3.8) is 0 Å². The molecule has 0 fully saturated rings. The van der Waals surface area contributed by atoms with Crippen molar-refractivity contribution in [2.45, 2.75) is 0 Å². The van der Waals surface area contributed by atoms with E-state index in [1.165, 1.54) is 27.2 Å². The van der Waals surface area contributed by atoms with Gasteiger partial charge in [-0.2, -0.15) is 0 Å². The van der Waals surface area contributed by atoms with Crippen molar-refractivity contribution in [2.75, 3.05) is 0 Å². The summed E-state index contributed by atoms with van der Waals surface area (Å²) in [4.78, 5) is 9.41. The van der Waals surface area contributed by atoms with E-state index in [2.05, 4.69) is 113 Å². The number of nitrogens with zero attached hydrogens (tertiary/aromatic N) is 3. The topological polar surface area (TPSA) is 30.7 Å². The van der Waals surface area contributed by atoms with Gasteiger partial charge in [-0.3, -0.25) is 4.98 Å². The van der Waals surface area contributed by atoms with Crippen LogP contribution in [-0.2, 0) is 0 Å². The lowest BCUT2D eigenvalue weighted by atomic mass is 10.1. The summed E-state index contributed by atoms with van der Waals surface area (Å²) < 4.78 is 2.37. The summed E-state index contributed by atoms with van der Waals surface area (Å²) in [6.45, 7) is 0. The van der Waals surface area contributed by atoms with Gasteiger partial charge in [0, 0.05) is 39.7 Å². The van der Waals surface area contributed by atoms with Gasteiger partial charge in [0.1, 0.15) is 0 Å². The standard InChI is InChI=1S/C32H21N3/c1-3-9-22(10-4-1)29-19-26(20-30(34-29)23-11-5-2-6-12-23)35-31-14-8-7-13-27(31)28-17-25-21-33-16-15-24(25)18-32(28)35/h1-21H. The lowest BCUT2D eigenvalue weighted by Crippen LogP contribution is -1.98. The molecule has 35 heavy (non-hydrogen) atoms. The summed E-state index contributed by atoms with van der Waals surface area (Å²) in [5.74, 6) is 0. The fourth-order valence-corrected chi connectivity index (χ4v) is 4.99. The highest BCUT2D eigenvalue weighted by atomic mass is 15.0. The van der Waals surface area contributed by atoms with Crippen LogP contribution in [0.5, 0.6) is 0 Å². The quantitative estimate of drug-likeness (QED) is 0.274. The third-order valence-electron chi connectivity index (χ3n) is 6.64. The fraction of sp³-hybridized carbons (Fsp3) is 0. The number of fused-ring (bicyclic) bond motifs is 4. The maximum atomic E-state index is 5.07. The molecule has 3 heterocycles. The first-order valence-corrected chi connectivity index (χ1v) is 11.8. The summed E-state index contributed by atoms with van der Waals surface area (Å²) in [5.41, 5.74) is 7.56. The fourth-order valence-electron chi connectivity index (χ4n) is 4.99. The largest absolute Gasteiger partial charge is 0.309 e. The Hall–Kier alpha value is -4.76.